The van der Waals surface area contributed by atoms with Crippen LogP contribution in [0.5, 0.6) is 0 Å². The summed E-state index contributed by atoms with van der Waals surface area (Å²) in [6, 6.07) is 1.05. The van der Waals surface area contributed by atoms with Crippen LogP contribution in [0.25, 0.3) is 0 Å². The largest absolute Gasteiger partial charge is 0.330 e. The first-order chi connectivity index (χ1) is 9.89. The van der Waals surface area contributed by atoms with Crippen molar-refractivity contribution in [2.45, 2.75) is 36.6 Å². The summed E-state index contributed by atoms with van der Waals surface area (Å²) >= 11 is 0. The lowest BCUT2D eigenvalue weighted by atomic mass is 10.0. The van der Waals surface area contributed by atoms with Gasteiger partial charge < -0.3 is 5.73 Å². The summed E-state index contributed by atoms with van der Waals surface area (Å²) < 4.78 is 66.2. The zero-order chi connectivity index (χ0) is 15.6. The van der Waals surface area contributed by atoms with E-state index in [-0.39, 0.29) is 25.0 Å². The van der Waals surface area contributed by atoms with Crippen molar-refractivity contribution in [3.63, 3.8) is 0 Å². The summed E-state index contributed by atoms with van der Waals surface area (Å²) in [7, 11) is -4.21. The highest BCUT2D eigenvalue weighted by Crippen LogP contribution is 2.29. The zero-order valence-corrected chi connectivity index (χ0v) is 13.4. The van der Waals surface area contributed by atoms with Crippen molar-refractivity contribution < 1.29 is 21.6 Å². The standard InChI is InChI=1S/C13H17F3N2O2S.ClH/c14-10-4-5-11(13(16)12(10)15)21(19,20)18-8-2-1-3-9(18)6-7-17;/h4-5,9H,1-3,6-8,17H2;1H. The van der Waals surface area contributed by atoms with Crippen LogP contribution < -0.4 is 5.73 Å². The SMILES string of the molecule is Cl.NCCC1CCCCN1S(=O)(=O)c1ccc(F)c(F)c1F. The minimum Gasteiger partial charge on any atom is -0.330 e. The molecular weight excluding hydrogens is 341 g/mol. The van der Waals surface area contributed by atoms with Gasteiger partial charge in [0.2, 0.25) is 10.0 Å². The van der Waals surface area contributed by atoms with Crippen LogP contribution in [-0.2, 0) is 10.0 Å². The van der Waals surface area contributed by atoms with E-state index in [1.54, 1.807) is 0 Å². The molecule has 0 saturated carbocycles. The van der Waals surface area contributed by atoms with E-state index in [2.05, 4.69) is 0 Å². The Bertz CT molecular complexity index is 626. The van der Waals surface area contributed by atoms with E-state index in [0.717, 1.165) is 16.8 Å². The third-order valence-corrected chi connectivity index (χ3v) is 5.63. The van der Waals surface area contributed by atoms with Crippen LogP contribution in [0.15, 0.2) is 17.0 Å². The van der Waals surface area contributed by atoms with Gasteiger partial charge in [0.1, 0.15) is 4.90 Å². The molecule has 22 heavy (non-hydrogen) atoms. The molecule has 1 aromatic carbocycles. The van der Waals surface area contributed by atoms with Crippen molar-refractivity contribution >= 4 is 22.4 Å². The molecule has 4 nitrogen and oxygen atoms in total. The van der Waals surface area contributed by atoms with Gasteiger partial charge in [0, 0.05) is 12.6 Å². The minimum atomic E-state index is -4.21. The van der Waals surface area contributed by atoms with E-state index >= 15 is 0 Å². The lowest BCUT2D eigenvalue weighted by Crippen LogP contribution is -2.44. The number of piperidine rings is 1. The summed E-state index contributed by atoms with van der Waals surface area (Å²) in [6.07, 6.45) is 2.58. The maximum Gasteiger partial charge on any atom is 0.246 e. The lowest BCUT2D eigenvalue weighted by Gasteiger charge is -2.34. The van der Waals surface area contributed by atoms with E-state index in [1.807, 2.05) is 0 Å². The molecular formula is C13H18ClF3N2O2S. The molecule has 0 aromatic heterocycles. The fraction of sp³-hybridized carbons (Fsp3) is 0.538. The average molecular weight is 359 g/mol. The highest BCUT2D eigenvalue weighted by molar-refractivity contribution is 7.89. The Labute approximate surface area is 133 Å². The zero-order valence-electron chi connectivity index (χ0n) is 11.8. The smallest absolute Gasteiger partial charge is 0.246 e. The van der Waals surface area contributed by atoms with Gasteiger partial charge in [-0.1, -0.05) is 6.42 Å². The molecule has 2 rings (SSSR count). The van der Waals surface area contributed by atoms with Gasteiger partial charge in [-0.2, -0.15) is 4.31 Å². The first-order valence-corrected chi connectivity index (χ1v) is 8.19. The molecule has 1 atom stereocenters. The van der Waals surface area contributed by atoms with Gasteiger partial charge in [-0.15, -0.1) is 12.4 Å². The van der Waals surface area contributed by atoms with Crippen LogP contribution in [0.4, 0.5) is 13.2 Å². The minimum absolute atomic E-state index is 0. The van der Waals surface area contributed by atoms with Crippen molar-refractivity contribution in [3.05, 3.63) is 29.6 Å². The van der Waals surface area contributed by atoms with Crippen molar-refractivity contribution in [2.24, 2.45) is 5.73 Å². The van der Waals surface area contributed by atoms with Gasteiger partial charge in [0.25, 0.3) is 0 Å². The Hall–Kier alpha value is -0.830. The number of nitrogens with two attached hydrogens (primary N) is 1. The van der Waals surface area contributed by atoms with E-state index in [0.29, 0.717) is 31.9 Å². The molecule has 1 fully saturated rings. The van der Waals surface area contributed by atoms with Gasteiger partial charge in [0.15, 0.2) is 17.5 Å². The fourth-order valence-corrected chi connectivity index (χ4v) is 4.39. The topological polar surface area (TPSA) is 63.4 Å². The predicted octanol–water partition coefficient (Wildman–Crippen LogP) is 2.42. The van der Waals surface area contributed by atoms with E-state index in [1.165, 1.54) is 0 Å². The van der Waals surface area contributed by atoms with Crippen LogP contribution in [0.3, 0.4) is 0 Å². The molecule has 1 heterocycles. The normalized spacial score (nSPS) is 19.7. The Morgan fingerprint density at radius 3 is 2.50 bits per heavy atom. The summed E-state index contributed by atoms with van der Waals surface area (Å²) in [5.41, 5.74) is 5.47. The van der Waals surface area contributed by atoms with Crippen LogP contribution in [0.2, 0.25) is 0 Å². The van der Waals surface area contributed by atoms with Crippen LogP contribution >= 0.6 is 12.4 Å². The Morgan fingerprint density at radius 2 is 1.86 bits per heavy atom. The third kappa shape index (κ3) is 3.56. The van der Waals surface area contributed by atoms with Crippen LogP contribution in [-0.4, -0.2) is 31.9 Å². The number of rotatable bonds is 4. The summed E-state index contributed by atoms with van der Waals surface area (Å²) in [5, 5.41) is 0. The number of benzene rings is 1. The lowest BCUT2D eigenvalue weighted by molar-refractivity contribution is 0.242. The Morgan fingerprint density at radius 1 is 1.18 bits per heavy atom. The molecule has 0 spiro atoms. The van der Waals surface area contributed by atoms with Gasteiger partial charge >= 0.3 is 0 Å². The maximum absolute atomic E-state index is 13.8. The van der Waals surface area contributed by atoms with Gasteiger partial charge in [0.05, 0.1) is 0 Å². The molecule has 126 valence electrons. The molecule has 2 N–H and O–H groups in total. The molecule has 0 aliphatic carbocycles. The van der Waals surface area contributed by atoms with Crippen LogP contribution in [0.1, 0.15) is 25.7 Å². The molecule has 9 heteroatoms. The highest BCUT2D eigenvalue weighted by Gasteiger charge is 2.35. The van der Waals surface area contributed by atoms with Crippen molar-refractivity contribution in [3.8, 4) is 0 Å². The van der Waals surface area contributed by atoms with Crippen molar-refractivity contribution in [1.82, 2.24) is 4.31 Å². The molecule has 1 unspecified atom stereocenters. The van der Waals surface area contributed by atoms with Gasteiger partial charge in [-0.05, 0) is 37.9 Å². The molecule has 0 bridgehead atoms. The summed E-state index contributed by atoms with van der Waals surface area (Å²) in [6.45, 7) is 0.530. The molecule has 0 radical (unpaired) electrons. The van der Waals surface area contributed by atoms with E-state index < -0.39 is 32.4 Å². The second-order valence-electron chi connectivity index (χ2n) is 5.02. The number of sulfonamides is 1. The first-order valence-electron chi connectivity index (χ1n) is 6.75. The second kappa shape index (κ2) is 7.63. The Balaban J connectivity index is 0.00000242. The quantitative estimate of drug-likeness (QED) is 0.841. The summed E-state index contributed by atoms with van der Waals surface area (Å²) in [4.78, 5) is -0.828. The van der Waals surface area contributed by atoms with Crippen LogP contribution in [0, 0.1) is 17.5 Å². The molecule has 1 aromatic rings. The maximum atomic E-state index is 13.8. The van der Waals surface area contributed by atoms with E-state index in [9.17, 15) is 21.6 Å². The van der Waals surface area contributed by atoms with Gasteiger partial charge in [-0.25, -0.2) is 21.6 Å². The molecule has 1 saturated heterocycles. The highest BCUT2D eigenvalue weighted by atomic mass is 35.5. The fourth-order valence-electron chi connectivity index (χ4n) is 2.61. The number of hydrogen-bond acceptors (Lipinski definition) is 3. The Kier molecular flexibility index (Phi) is 6.66. The van der Waals surface area contributed by atoms with Crippen molar-refractivity contribution in [1.29, 1.82) is 0 Å². The average Bonchev–Trinajstić information content (AvgIpc) is 2.45. The molecule has 1 aliphatic rings. The number of halogens is 4. The van der Waals surface area contributed by atoms with Crippen molar-refractivity contribution in [2.75, 3.05) is 13.1 Å². The van der Waals surface area contributed by atoms with Gasteiger partial charge in [-0.3, -0.25) is 0 Å². The second-order valence-corrected chi connectivity index (χ2v) is 6.88. The van der Waals surface area contributed by atoms with E-state index in [4.69, 9.17) is 5.73 Å². The molecule has 1 aliphatic heterocycles. The predicted molar refractivity (Wildman–Crippen MR) is 78.8 cm³/mol. The molecule has 0 amide bonds. The monoisotopic (exact) mass is 358 g/mol. The third-order valence-electron chi connectivity index (χ3n) is 3.66. The summed E-state index contributed by atoms with van der Waals surface area (Å²) in [5.74, 6) is -4.86. The number of hydrogen-bond donors (Lipinski definition) is 1. The first kappa shape index (κ1) is 19.2. The number of nitrogens with zero attached hydrogens (tertiary/aromatic N) is 1.